The summed E-state index contributed by atoms with van der Waals surface area (Å²) in [6, 6.07) is 7.21. The van der Waals surface area contributed by atoms with Crippen LogP contribution in [-0.2, 0) is 4.74 Å². The second-order valence-corrected chi connectivity index (χ2v) is 4.17. The number of carbonyl (C=O) groups excluding carboxylic acids is 1. The Kier molecular flexibility index (Phi) is 3.46. The summed E-state index contributed by atoms with van der Waals surface area (Å²) in [4.78, 5) is 14.7. The van der Waals surface area contributed by atoms with Crippen molar-refractivity contribution < 1.29 is 14.3 Å². The Morgan fingerprint density at radius 1 is 1.26 bits per heavy atom. The quantitative estimate of drug-likeness (QED) is 0.656. The van der Waals surface area contributed by atoms with Crippen molar-refractivity contribution >= 4 is 11.7 Å². The van der Waals surface area contributed by atoms with Crippen molar-refractivity contribution in [1.82, 2.24) is 4.98 Å². The minimum atomic E-state index is -0.359. The second kappa shape index (κ2) is 5.06. The normalized spacial score (nSPS) is 10.3. The Labute approximate surface area is 111 Å². The largest absolute Gasteiger partial charge is 0.495 e. The number of hydrogen-bond acceptors (Lipinski definition) is 4. The zero-order valence-electron chi connectivity index (χ0n) is 11.1. The van der Waals surface area contributed by atoms with Crippen LogP contribution in [0.25, 0.3) is 11.3 Å². The Morgan fingerprint density at radius 2 is 2.00 bits per heavy atom. The van der Waals surface area contributed by atoms with Crippen molar-refractivity contribution in [3.63, 3.8) is 0 Å². The van der Waals surface area contributed by atoms with Gasteiger partial charge in [0.1, 0.15) is 5.75 Å². The molecule has 0 aliphatic heterocycles. The molecule has 0 aliphatic rings. The first kappa shape index (κ1) is 13.0. The summed E-state index contributed by atoms with van der Waals surface area (Å²) < 4.78 is 9.91. The van der Waals surface area contributed by atoms with Crippen LogP contribution in [0, 0.1) is 6.92 Å². The number of aromatic nitrogens is 1. The first-order valence-electron chi connectivity index (χ1n) is 5.78. The van der Waals surface area contributed by atoms with E-state index in [2.05, 4.69) is 4.98 Å². The standard InChI is InChI=1S/C14H16N2O3/c1-8-10(14(17)19-3)7-12(16-8)9-4-5-11(15)13(6-9)18-2/h4-7,16H,15H2,1-3H3. The van der Waals surface area contributed by atoms with Gasteiger partial charge in [-0.3, -0.25) is 0 Å². The second-order valence-electron chi connectivity index (χ2n) is 4.17. The predicted octanol–water partition coefficient (Wildman–Crippen LogP) is 2.37. The number of methoxy groups -OCH3 is 2. The van der Waals surface area contributed by atoms with E-state index in [0.717, 1.165) is 17.0 Å². The fraction of sp³-hybridized carbons (Fsp3) is 0.214. The van der Waals surface area contributed by atoms with Gasteiger partial charge in [-0.25, -0.2) is 4.79 Å². The summed E-state index contributed by atoms with van der Waals surface area (Å²) in [7, 11) is 2.93. The molecule has 0 saturated heterocycles. The molecule has 0 aliphatic carbocycles. The lowest BCUT2D eigenvalue weighted by molar-refractivity contribution is 0.0600. The SMILES string of the molecule is COC(=O)c1cc(-c2ccc(N)c(OC)c2)[nH]c1C. The fourth-order valence-electron chi connectivity index (χ4n) is 1.91. The van der Waals surface area contributed by atoms with Crippen molar-refractivity contribution in [2.45, 2.75) is 6.92 Å². The number of nitrogens with one attached hydrogen (secondary N) is 1. The van der Waals surface area contributed by atoms with Crippen molar-refractivity contribution in [2.24, 2.45) is 0 Å². The van der Waals surface area contributed by atoms with E-state index in [4.69, 9.17) is 15.2 Å². The molecule has 100 valence electrons. The third-order valence-electron chi connectivity index (χ3n) is 2.96. The van der Waals surface area contributed by atoms with E-state index < -0.39 is 0 Å². The lowest BCUT2D eigenvalue weighted by Crippen LogP contribution is -2.00. The molecule has 2 rings (SSSR count). The first-order valence-corrected chi connectivity index (χ1v) is 5.78. The molecule has 5 nitrogen and oxygen atoms in total. The summed E-state index contributed by atoms with van der Waals surface area (Å²) in [6.45, 7) is 1.82. The molecule has 0 radical (unpaired) electrons. The molecule has 0 unspecified atom stereocenters. The third kappa shape index (κ3) is 2.40. The topological polar surface area (TPSA) is 77.3 Å². The van der Waals surface area contributed by atoms with Crippen LogP contribution in [0.2, 0.25) is 0 Å². The molecule has 0 amide bonds. The summed E-state index contributed by atoms with van der Waals surface area (Å²) in [5, 5.41) is 0. The number of rotatable bonds is 3. The van der Waals surface area contributed by atoms with Gasteiger partial charge >= 0.3 is 5.97 Å². The maximum Gasteiger partial charge on any atom is 0.339 e. The van der Waals surface area contributed by atoms with Crippen LogP contribution in [0.4, 0.5) is 5.69 Å². The molecule has 0 spiro atoms. The number of benzene rings is 1. The highest BCUT2D eigenvalue weighted by atomic mass is 16.5. The van der Waals surface area contributed by atoms with Crippen LogP contribution in [0.3, 0.4) is 0 Å². The number of nitrogens with two attached hydrogens (primary N) is 1. The number of nitrogen functional groups attached to an aromatic ring is 1. The zero-order chi connectivity index (χ0) is 14.0. The van der Waals surface area contributed by atoms with Gasteiger partial charge in [-0.1, -0.05) is 6.07 Å². The van der Waals surface area contributed by atoms with E-state index in [1.807, 2.05) is 19.1 Å². The van der Waals surface area contributed by atoms with E-state index in [1.54, 1.807) is 19.2 Å². The number of aromatic amines is 1. The number of ether oxygens (including phenoxy) is 2. The van der Waals surface area contributed by atoms with Crippen LogP contribution < -0.4 is 10.5 Å². The molecular weight excluding hydrogens is 244 g/mol. The minimum Gasteiger partial charge on any atom is -0.495 e. The minimum absolute atomic E-state index is 0.359. The van der Waals surface area contributed by atoms with E-state index >= 15 is 0 Å². The fourth-order valence-corrected chi connectivity index (χ4v) is 1.91. The lowest BCUT2D eigenvalue weighted by atomic mass is 10.1. The molecule has 1 aromatic heterocycles. The Balaban J connectivity index is 2.45. The van der Waals surface area contributed by atoms with Crippen molar-refractivity contribution in [1.29, 1.82) is 0 Å². The Hall–Kier alpha value is -2.43. The number of esters is 1. The Bertz CT molecular complexity index is 617. The van der Waals surface area contributed by atoms with E-state index in [1.165, 1.54) is 7.11 Å². The summed E-state index contributed by atoms with van der Waals surface area (Å²) in [6.07, 6.45) is 0. The number of hydrogen-bond donors (Lipinski definition) is 2. The smallest absolute Gasteiger partial charge is 0.339 e. The van der Waals surface area contributed by atoms with Gasteiger partial charge in [0.2, 0.25) is 0 Å². The molecule has 5 heteroatoms. The average molecular weight is 260 g/mol. The molecular formula is C14H16N2O3. The van der Waals surface area contributed by atoms with Crippen LogP contribution in [0.5, 0.6) is 5.75 Å². The lowest BCUT2D eigenvalue weighted by Gasteiger charge is -2.06. The van der Waals surface area contributed by atoms with Crippen LogP contribution in [0.15, 0.2) is 24.3 Å². The Morgan fingerprint density at radius 3 is 2.63 bits per heavy atom. The summed E-state index contributed by atoms with van der Waals surface area (Å²) >= 11 is 0. The van der Waals surface area contributed by atoms with E-state index in [0.29, 0.717) is 17.0 Å². The summed E-state index contributed by atoms with van der Waals surface area (Å²) in [5.74, 6) is 0.242. The molecule has 0 atom stereocenters. The molecule has 2 aromatic rings. The van der Waals surface area contributed by atoms with Crippen LogP contribution >= 0.6 is 0 Å². The van der Waals surface area contributed by atoms with Crippen LogP contribution in [-0.4, -0.2) is 25.2 Å². The monoisotopic (exact) mass is 260 g/mol. The molecule has 0 bridgehead atoms. The molecule has 3 N–H and O–H groups in total. The molecule has 0 saturated carbocycles. The highest BCUT2D eigenvalue weighted by molar-refractivity contribution is 5.92. The van der Waals surface area contributed by atoms with Gasteiger partial charge in [0.15, 0.2) is 0 Å². The molecule has 19 heavy (non-hydrogen) atoms. The highest BCUT2D eigenvalue weighted by Crippen LogP contribution is 2.29. The number of H-pyrrole nitrogens is 1. The van der Waals surface area contributed by atoms with Gasteiger partial charge < -0.3 is 20.2 Å². The van der Waals surface area contributed by atoms with E-state index in [9.17, 15) is 4.79 Å². The van der Waals surface area contributed by atoms with Gasteiger partial charge in [-0.05, 0) is 25.1 Å². The average Bonchev–Trinajstić information content (AvgIpc) is 2.80. The third-order valence-corrected chi connectivity index (χ3v) is 2.96. The van der Waals surface area contributed by atoms with Gasteiger partial charge in [-0.15, -0.1) is 0 Å². The molecule has 1 heterocycles. The summed E-state index contributed by atoms with van der Waals surface area (Å²) in [5.41, 5.74) is 9.34. The van der Waals surface area contributed by atoms with Gasteiger partial charge in [-0.2, -0.15) is 0 Å². The zero-order valence-corrected chi connectivity index (χ0v) is 11.1. The predicted molar refractivity (Wildman–Crippen MR) is 73.3 cm³/mol. The highest BCUT2D eigenvalue weighted by Gasteiger charge is 2.14. The molecule has 1 aromatic carbocycles. The van der Waals surface area contributed by atoms with Crippen molar-refractivity contribution in [2.75, 3.05) is 20.0 Å². The number of anilines is 1. The van der Waals surface area contributed by atoms with Gasteiger partial charge in [0.25, 0.3) is 0 Å². The van der Waals surface area contributed by atoms with E-state index in [-0.39, 0.29) is 5.97 Å². The first-order chi connectivity index (χ1) is 9.06. The number of carbonyl (C=O) groups is 1. The molecule has 0 fully saturated rings. The van der Waals surface area contributed by atoms with Crippen molar-refractivity contribution in [3.8, 4) is 17.0 Å². The maximum absolute atomic E-state index is 11.6. The van der Waals surface area contributed by atoms with Gasteiger partial charge in [0.05, 0.1) is 25.5 Å². The number of aryl methyl sites for hydroxylation is 1. The maximum atomic E-state index is 11.6. The van der Waals surface area contributed by atoms with Crippen molar-refractivity contribution in [3.05, 3.63) is 35.5 Å². The van der Waals surface area contributed by atoms with Crippen LogP contribution in [0.1, 0.15) is 16.1 Å². The van der Waals surface area contributed by atoms with Gasteiger partial charge in [0, 0.05) is 17.0 Å².